The van der Waals surface area contributed by atoms with Crippen LogP contribution in [0.5, 0.6) is 0 Å². The monoisotopic (exact) mass is 292 g/mol. The van der Waals surface area contributed by atoms with Gasteiger partial charge in [-0.3, -0.25) is 4.68 Å². The minimum absolute atomic E-state index is 0.808. The van der Waals surface area contributed by atoms with E-state index in [2.05, 4.69) is 49.8 Å². The lowest BCUT2D eigenvalue weighted by atomic mass is 10.1. The second-order valence-corrected chi connectivity index (χ2v) is 5.26. The van der Waals surface area contributed by atoms with Crippen molar-refractivity contribution in [3.05, 3.63) is 48.5 Å². The molecule has 22 heavy (non-hydrogen) atoms. The van der Waals surface area contributed by atoms with Gasteiger partial charge in [0.1, 0.15) is 12.1 Å². The number of nitrogens with one attached hydrogen (secondary N) is 2. The van der Waals surface area contributed by atoms with Crippen molar-refractivity contribution >= 4 is 27.8 Å². The highest BCUT2D eigenvalue weighted by Gasteiger charge is 2.08. The zero-order chi connectivity index (χ0) is 14.9. The fourth-order valence-corrected chi connectivity index (χ4v) is 2.76. The fourth-order valence-electron chi connectivity index (χ4n) is 2.76. The Kier molecular flexibility index (Phi) is 3.00. The quantitative estimate of drug-likeness (QED) is 0.606. The van der Waals surface area contributed by atoms with E-state index in [4.69, 9.17) is 0 Å². The summed E-state index contributed by atoms with van der Waals surface area (Å²) in [7, 11) is 1.88. The van der Waals surface area contributed by atoms with Crippen LogP contribution in [0, 0.1) is 0 Å². The number of aromatic amines is 1. The lowest BCUT2D eigenvalue weighted by molar-refractivity contribution is 0.785. The molecule has 3 aromatic heterocycles. The molecule has 110 valence electrons. The van der Waals surface area contributed by atoms with Gasteiger partial charge in [0.15, 0.2) is 5.65 Å². The summed E-state index contributed by atoms with van der Waals surface area (Å²) in [5.74, 6) is 0.831. The van der Waals surface area contributed by atoms with Crippen molar-refractivity contribution in [3.63, 3.8) is 0 Å². The molecule has 0 spiro atoms. The van der Waals surface area contributed by atoms with Gasteiger partial charge in [0.25, 0.3) is 0 Å². The van der Waals surface area contributed by atoms with Gasteiger partial charge in [-0.15, -0.1) is 0 Å². The predicted molar refractivity (Wildman–Crippen MR) is 86.8 cm³/mol. The fraction of sp³-hybridized carbons (Fsp3) is 0.188. The van der Waals surface area contributed by atoms with Crippen LogP contribution in [-0.2, 0) is 13.5 Å². The lowest BCUT2D eigenvalue weighted by Crippen LogP contribution is -2.06. The minimum Gasteiger partial charge on any atom is -0.369 e. The largest absolute Gasteiger partial charge is 0.369 e. The third-order valence-electron chi connectivity index (χ3n) is 3.89. The van der Waals surface area contributed by atoms with E-state index in [9.17, 15) is 0 Å². The van der Waals surface area contributed by atoms with Crippen LogP contribution in [0.25, 0.3) is 21.9 Å². The summed E-state index contributed by atoms with van der Waals surface area (Å²) in [6, 6.07) is 8.35. The van der Waals surface area contributed by atoms with Crippen LogP contribution in [0.4, 0.5) is 5.82 Å². The van der Waals surface area contributed by atoms with E-state index in [1.54, 1.807) is 17.2 Å². The van der Waals surface area contributed by atoms with E-state index in [1.165, 1.54) is 16.5 Å². The van der Waals surface area contributed by atoms with E-state index in [-0.39, 0.29) is 0 Å². The van der Waals surface area contributed by atoms with Crippen molar-refractivity contribution in [1.82, 2.24) is 24.7 Å². The van der Waals surface area contributed by atoms with Gasteiger partial charge >= 0.3 is 0 Å². The molecule has 6 heteroatoms. The van der Waals surface area contributed by atoms with Crippen LogP contribution in [0.15, 0.2) is 43.0 Å². The number of aryl methyl sites for hydroxylation is 1. The average molecular weight is 292 g/mol. The van der Waals surface area contributed by atoms with Gasteiger partial charge in [-0.05, 0) is 18.1 Å². The lowest BCUT2D eigenvalue weighted by Gasteiger charge is -2.06. The number of anilines is 1. The van der Waals surface area contributed by atoms with Crippen LogP contribution < -0.4 is 5.32 Å². The molecular formula is C16H16N6. The first-order valence-electron chi connectivity index (χ1n) is 7.24. The van der Waals surface area contributed by atoms with E-state index in [0.29, 0.717) is 0 Å². The molecule has 0 aliphatic carbocycles. The maximum Gasteiger partial charge on any atom is 0.163 e. The molecule has 2 N–H and O–H groups in total. The van der Waals surface area contributed by atoms with Gasteiger partial charge in [0.05, 0.1) is 11.6 Å². The number of para-hydroxylation sites is 1. The maximum atomic E-state index is 4.32. The zero-order valence-electron chi connectivity index (χ0n) is 12.2. The van der Waals surface area contributed by atoms with Crippen molar-refractivity contribution < 1.29 is 0 Å². The Bertz CT molecular complexity index is 936. The summed E-state index contributed by atoms with van der Waals surface area (Å²) < 4.78 is 1.75. The third kappa shape index (κ3) is 2.09. The standard InChI is InChI=1S/C16H16N6/c1-22-16-13(9-21-22)15(19-10-20-16)17-7-6-11-8-18-14-5-3-2-4-12(11)14/h2-5,8-10,18H,6-7H2,1H3,(H,17,19,20). The topological polar surface area (TPSA) is 71.4 Å². The smallest absolute Gasteiger partial charge is 0.163 e. The number of nitrogens with zero attached hydrogens (tertiary/aromatic N) is 4. The average Bonchev–Trinajstić information content (AvgIpc) is 3.13. The molecule has 1 aromatic carbocycles. The van der Waals surface area contributed by atoms with Crippen molar-refractivity contribution in [1.29, 1.82) is 0 Å². The van der Waals surface area contributed by atoms with Gasteiger partial charge in [0.2, 0.25) is 0 Å². The summed E-state index contributed by atoms with van der Waals surface area (Å²) in [6.45, 7) is 0.808. The molecule has 0 amide bonds. The van der Waals surface area contributed by atoms with Crippen LogP contribution in [0.1, 0.15) is 5.56 Å². The molecule has 0 aliphatic heterocycles. The molecule has 0 unspecified atom stereocenters. The highest BCUT2D eigenvalue weighted by Crippen LogP contribution is 2.20. The Labute approximate surface area is 127 Å². The Morgan fingerprint density at radius 3 is 3.05 bits per heavy atom. The zero-order valence-corrected chi connectivity index (χ0v) is 12.2. The highest BCUT2D eigenvalue weighted by atomic mass is 15.3. The minimum atomic E-state index is 0.808. The van der Waals surface area contributed by atoms with Crippen molar-refractivity contribution in [2.45, 2.75) is 6.42 Å². The maximum absolute atomic E-state index is 4.32. The summed E-state index contributed by atoms with van der Waals surface area (Å²) in [5, 5.41) is 9.83. The van der Waals surface area contributed by atoms with Gasteiger partial charge in [-0.25, -0.2) is 9.97 Å². The van der Waals surface area contributed by atoms with E-state index < -0.39 is 0 Å². The number of aromatic nitrogens is 5. The van der Waals surface area contributed by atoms with Crippen molar-refractivity contribution in [3.8, 4) is 0 Å². The molecule has 6 nitrogen and oxygen atoms in total. The van der Waals surface area contributed by atoms with E-state index >= 15 is 0 Å². The van der Waals surface area contributed by atoms with Crippen LogP contribution in [-0.4, -0.2) is 31.3 Å². The first kappa shape index (κ1) is 12.8. The first-order chi connectivity index (χ1) is 10.8. The molecule has 0 fully saturated rings. The molecule has 0 atom stereocenters. The number of benzene rings is 1. The molecule has 0 saturated carbocycles. The van der Waals surface area contributed by atoms with Crippen LogP contribution in [0.3, 0.4) is 0 Å². The van der Waals surface area contributed by atoms with E-state index in [1.807, 2.05) is 13.1 Å². The van der Waals surface area contributed by atoms with E-state index in [0.717, 1.165) is 29.8 Å². The third-order valence-corrected chi connectivity index (χ3v) is 3.89. The van der Waals surface area contributed by atoms with Crippen LogP contribution in [0.2, 0.25) is 0 Å². The molecule has 0 bridgehead atoms. The van der Waals surface area contributed by atoms with Gasteiger partial charge < -0.3 is 10.3 Å². The molecule has 4 rings (SSSR count). The number of H-pyrrole nitrogens is 1. The molecule has 0 radical (unpaired) electrons. The normalized spacial score (nSPS) is 11.3. The Morgan fingerprint density at radius 2 is 2.09 bits per heavy atom. The molecule has 0 aliphatic rings. The Morgan fingerprint density at radius 1 is 1.18 bits per heavy atom. The summed E-state index contributed by atoms with van der Waals surface area (Å²) >= 11 is 0. The Balaban J connectivity index is 1.53. The van der Waals surface area contributed by atoms with Gasteiger partial charge in [-0.2, -0.15) is 5.10 Å². The Hall–Kier alpha value is -2.89. The van der Waals surface area contributed by atoms with Gasteiger partial charge in [0, 0.05) is 30.7 Å². The predicted octanol–water partition coefficient (Wildman–Crippen LogP) is 2.50. The number of fused-ring (bicyclic) bond motifs is 2. The number of hydrogen-bond acceptors (Lipinski definition) is 4. The molecule has 3 heterocycles. The second kappa shape index (κ2) is 5.14. The number of rotatable bonds is 4. The van der Waals surface area contributed by atoms with Crippen LogP contribution >= 0.6 is 0 Å². The summed E-state index contributed by atoms with van der Waals surface area (Å²) in [6.07, 6.45) is 6.36. The summed E-state index contributed by atoms with van der Waals surface area (Å²) in [5.41, 5.74) is 3.32. The molecular weight excluding hydrogens is 276 g/mol. The SMILES string of the molecule is Cn1ncc2c(NCCc3c[nH]c4ccccc34)ncnc21. The van der Waals surface area contributed by atoms with Crippen molar-refractivity contribution in [2.75, 3.05) is 11.9 Å². The van der Waals surface area contributed by atoms with Crippen molar-refractivity contribution in [2.24, 2.45) is 7.05 Å². The number of hydrogen-bond donors (Lipinski definition) is 2. The summed E-state index contributed by atoms with van der Waals surface area (Å²) in [4.78, 5) is 11.9. The highest BCUT2D eigenvalue weighted by molar-refractivity contribution is 5.86. The molecule has 0 saturated heterocycles. The molecule has 4 aromatic rings. The second-order valence-electron chi connectivity index (χ2n) is 5.26. The first-order valence-corrected chi connectivity index (χ1v) is 7.24. The van der Waals surface area contributed by atoms with Gasteiger partial charge in [-0.1, -0.05) is 18.2 Å².